The number of esters is 1. The van der Waals surface area contributed by atoms with Crippen molar-refractivity contribution >= 4 is 38.9 Å². The van der Waals surface area contributed by atoms with Gasteiger partial charge in [0.2, 0.25) is 0 Å². The van der Waals surface area contributed by atoms with Crippen molar-refractivity contribution in [2.45, 2.75) is 6.54 Å². The number of ether oxygens (including phenoxy) is 1. The highest BCUT2D eigenvalue weighted by atomic mass is 79.9. The minimum Gasteiger partial charge on any atom is -0.465 e. The molecule has 2 rings (SSSR count). The van der Waals surface area contributed by atoms with E-state index in [1.54, 1.807) is 23.5 Å². The lowest BCUT2D eigenvalue weighted by molar-refractivity contribution is 0.0601. The Balaban J connectivity index is 2.03. The molecule has 5 heteroatoms. The predicted octanol–water partition coefficient (Wildman–Crippen LogP) is 3.91. The van der Waals surface area contributed by atoms with Crippen molar-refractivity contribution in [1.29, 1.82) is 0 Å². The van der Waals surface area contributed by atoms with Crippen molar-refractivity contribution in [2.24, 2.45) is 0 Å². The summed E-state index contributed by atoms with van der Waals surface area (Å²) in [6.45, 7) is 0.729. The Hall–Kier alpha value is -1.33. The van der Waals surface area contributed by atoms with Crippen LogP contribution in [0.15, 0.2) is 39.5 Å². The van der Waals surface area contributed by atoms with Crippen LogP contribution < -0.4 is 5.32 Å². The maximum absolute atomic E-state index is 11.4. The predicted molar refractivity (Wildman–Crippen MR) is 77.1 cm³/mol. The molecule has 0 spiro atoms. The summed E-state index contributed by atoms with van der Waals surface area (Å²) in [5, 5.41) is 5.36. The number of thiophene rings is 1. The Kier molecular flexibility index (Phi) is 4.38. The topological polar surface area (TPSA) is 38.3 Å². The molecule has 0 bridgehead atoms. The summed E-state index contributed by atoms with van der Waals surface area (Å²) in [5.41, 5.74) is 2.66. The molecule has 3 nitrogen and oxygen atoms in total. The van der Waals surface area contributed by atoms with Gasteiger partial charge in [-0.2, -0.15) is 0 Å². The molecule has 1 heterocycles. The Morgan fingerprint density at radius 1 is 1.44 bits per heavy atom. The van der Waals surface area contributed by atoms with Gasteiger partial charge in [0.05, 0.1) is 16.5 Å². The van der Waals surface area contributed by atoms with Crippen LogP contribution in [0.1, 0.15) is 15.9 Å². The van der Waals surface area contributed by atoms with Gasteiger partial charge in [0, 0.05) is 12.2 Å². The van der Waals surface area contributed by atoms with Gasteiger partial charge in [0.1, 0.15) is 0 Å². The van der Waals surface area contributed by atoms with Crippen LogP contribution in [0.4, 0.5) is 5.69 Å². The molecule has 0 saturated heterocycles. The van der Waals surface area contributed by atoms with Crippen molar-refractivity contribution < 1.29 is 9.53 Å². The fraction of sp³-hybridized carbons (Fsp3) is 0.154. The zero-order valence-corrected chi connectivity index (χ0v) is 12.2. The number of halogens is 1. The lowest BCUT2D eigenvalue weighted by Crippen LogP contribution is -2.03. The first-order valence-corrected chi connectivity index (χ1v) is 7.01. The van der Waals surface area contributed by atoms with E-state index in [9.17, 15) is 4.79 Å². The first-order chi connectivity index (χ1) is 8.69. The zero-order chi connectivity index (χ0) is 13.0. The third-order valence-corrected chi connectivity index (χ3v) is 3.96. The van der Waals surface area contributed by atoms with Crippen LogP contribution >= 0.6 is 27.3 Å². The number of methoxy groups -OCH3 is 1. The Labute approximate surface area is 118 Å². The number of hydrogen-bond acceptors (Lipinski definition) is 4. The molecule has 0 radical (unpaired) electrons. The summed E-state index contributed by atoms with van der Waals surface area (Å²) >= 11 is 5.08. The standard InChI is InChI=1S/C13H12BrNO2S/c1-17-13(16)10-3-2-4-11(6-10)15-7-9-5-12(14)18-8-9/h2-6,8,15H,7H2,1H3. The molecule has 1 aromatic heterocycles. The Morgan fingerprint density at radius 2 is 2.28 bits per heavy atom. The van der Waals surface area contributed by atoms with Gasteiger partial charge in [-0.15, -0.1) is 11.3 Å². The first-order valence-electron chi connectivity index (χ1n) is 5.34. The molecule has 0 unspecified atom stereocenters. The molecule has 1 N–H and O–H groups in total. The van der Waals surface area contributed by atoms with Crippen molar-refractivity contribution in [3.63, 3.8) is 0 Å². The second-order valence-corrected chi connectivity index (χ2v) is 5.98. The SMILES string of the molecule is COC(=O)c1cccc(NCc2csc(Br)c2)c1. The van der Waals surface area contributed by atoms with Gasteiger partial charge >= 0.3 is 5.97 Å². The quantitative estimate of drug-likeness (QED) is 0.866. The molecule has 0 fully saturated rings. The molecular weight excluding hydrogens is 314 g/mol. The summed E-state index contributed by atoms with van der Waals surface area (Å²) in [6, 6.07) is 9.35. The van der Waals surface area contributed by atoms with Crippen molar-refractivity contribution in [2.75, 3.05) is 12.4 Å². The van der Waals surface area contributed by atoms with Crippen LogP contribution in [0.5, 0.6) is 0 Å². The number of benzene rings is 1. The molecule has 0 atom stereocenters. The smallest absolute Gasteiger partial charge is 0.337 e. The van der Waals surface area contributed by atoms with E-state index in [2.05, 4.69) is 37.4 Å². The van der Waals surface area contributed by atoms with Crippen molar-refractivity contribution in [3.8, 4) is 0 Å². The fourth-order valence-corrected chi connectivity index (χ4v) is 2.73. The van der Waals surface area contributed by atoms with Gasteiger partial charge in [-0.3, -0.25) is 0 Å². The monoisotopic (exact) mass is 325 g/mol. The fourth-order valence-electron chi connectivity index (χ4n) is 1.52. The molecule has 0 aliphatic rings. The minimum atomic E-state index is -0.322. The van der Waals surface area contributed by atoms with Crippen LogP contribution in [0.25, 0.3) is 0 Å². The maximum atomic E-state index is 11.4. The van der Waals surface area contributed by atoms with E-state index < -0.39 is 0 Å². The van der Waals surface area contributed by atoms with Gasteiger partial charge in [0.25, 0.3) is 0 Å². The zero-order valence-electron chi connectivity index (χ0n) is 9.77. The molecule has 0 aliphatic heterocycles. The second-order valence-electron chi connectivity index (χ2n) is 3.69. The molecule has 1 aromatic carbocycles. The number of nitrogens with one attached hydrogen (secondary N) is 1. The molecule has 0 saturated carbocycles. The van der Waals surface area contributed by atoms with E-state index >= 15 is 0 Å². The highest BCUT2D eigenvalue weighted by Crippen LogP contribution is 2.21. The van der Waals surface area contributed by atoms with Crippen LogP contribution in [0.3, 0.4) is 0 Å². The van der Waals surface area contributed by atoms with Crippen molar-refractivity contribution in [3.05, 3.63) is 50.6 Å². The van der Waals surface area contributed by atoms with E-state index in [0.717, 1.165) is 16.0 Å². The first kappa shape index (κ1) is 13.1. The molecule has 94 valence electrons. The summed E-state index contributed by atoms with van der Waals surface area (Å²) in [6.07, 6.45) is 0. The summed E-state index contributed by atoms with van der Waals surface area (Å²) < 4.78 is 5.80. The minimum absolute atomic E-state index is 0.322. The van der Waals surface area contributed by atoms with E-state index in [4.69, 9.17) is 0 Å². The van der Waals surface area contributed by atoms with E-state index in [1.165, 1.54) is 12.7 Å². The number of carbonyl (C=O) groups excluding carboxylic acids is 1. The number of hydrogen-bond donors (Lipinski definition) is 1. The number of anilines is 1. The second kappa shape index (κ2) is 6.02. The average Bonchev–Trinajstić information content (AvgIpc) is 2.81. The molecular formula is C13H12BrNO2S. The highest BCUT2D eigenvalue weighted by molar-refractivity contribution is 9.11. The van der Waals surface area contributed by atoms with Gasteiger partial charge in [-0.05, 0) is 51.1 Å². The lowest BCUT2D eigenvalue weighted by atomic mass is 10.2. The lowest BCUT2D eigenvalue weighted by Gasteiger charge is -2.06. The van der Waals surface area contributed by atoms with Crippen LogP contribution in [0.2, 0.25) is 0 Å². The van der Waals surface area contributed by atoms with Crippen LogP contribution in [-0.2, 0) is 11.3 Å². The Morgan fingerprint density at radius 3 is 2.94 bits per heavy atom. The maximum Gasteiger partial charge on any atom is 0.337 e. The van der Waals surface area contributed by atoms with E-state index in [-0.39, 0.29) is 5.97 Å². The third kappa shape index (κ3) is 3.34. The van der Waals surface area contributed by atoms with Crippen LogP contribution in [-0.4, -0.2) is 13.1 Å². The molecule has 2 aromatic rings. The summed E-state index contributed by atoms with van der Waals surface area (Å²) in [4.78, 5) is 11.4. The average molecular weight is 326 g/mol. The number of rotatable bonds is 4. The van der Waals surface area contributed by atoms with Gasteiger partial charge in [-0.25, -0.2) is 4.79 Å². The van der Waals surface area contributed by atoms with Gasteiger partial charge < -0.3 is 10.1 Å². The molecule has 0 amide bonds. The third-order valence-electron chi connectivity index (χ3n) is 2.40. The summed E-state index contributed by atoms with van der Waals surface area (Å²) in [5.74, 6) is -0.322. The largest absolute Gasteiger partial charge is 0.465 e. The van der Waals surface area contributed by atoms with Crippen molar-refractivity contribution in [1.82, 2.24) is 0 Å². The van der Waals surface area contributed by atoms with E-state index in [0.29, 0.717) is 5.56 Å². The number of carbonyl (C=O) groups is 1. The van der Waals surface area contributed by atoms with Crippen LogP contribution in [0, 0.1) is 0 Å². The normalized spacial score (nSPS) is 10.1. The van der Waals surface area contributed by atoms with Gasteiger partial charge in [-0.1, -0.05) is 6.07 Å². The summed E-state index contributed by atoms with van der Waals surface area (Å²) in [7, 11) is 1.38. The van der Waals surface area contributed by atoms with E-state index in [1.807, 2.05) is 12.1 Å². The Bertz CT molecular complexity index is 553. The van der Waals surface area contributed by atoms with Gasteiger partial charge in [0.15, 0.2) is 0 Å². The molecule has 18 heavy (non-hydrogen) atoms. The highest BCUT2D eigenvalue weighted by Gasteiger charge is 2.05. The molecule has 0 aliphatic carbocycles.